The van der Waals surface area contributed by atoms with E-state index in [9.17, 15) is 16.8 Å². The van der Waals surface area contributed by atoms with E-state index >= 15 is 0 Å². The summed E-state index contributed by atoms with van der Waals surface area (Å²) in [5.74, 6) is 0.477. The first-order valence-corrected chi connectivity index (χ1v) is 10.4. The fourth-order valence-corrected chi connectivity index (χ4v) is 4.42. The zero-order valence-corrected chi connectivity index (χ0v) is 15.2. The van der Waals surface area contributed by atoms with Gasteiger partial charge < -0.3 is 4.42 Å². The molecule has 2 N–H and O–H groups in total. The zero-order chi connectivity index (χ0) is 18.0. The third-order valence-electron chi connectivity index (χ3n) is 3.36. The predicted octanol–water partition coefficient (Wildman–Crippen LogP) is 0.360. The lowest BCUT2D eigenvalue weighted by Gasteiger charge is -2.19. The van der Waals surface area contributed by atoms with Crippen LogP contribution < -0.4 is 4.72 Å². The standard InChI is InChI=1S/C13H20N4O5S2/c1-10-13(11(2)16-15-10)24(20,21)14-6-7-17(23(3,18)19)9-12-5-4-8-22-12/h4-5,8,14H,6-7,9H2,1-3H3,(H,15,16). The van der Waals surface area contributed by atoms with Crippen molar-refractivity contribution in [1.82, 2.24) is 19.2 Å². The Kier molecular flexibility index (Phi) is 5.48. The normalized spacial score (nSPS) is 12.8. The number of hydrogen-bond acceptors (Lipinski definition) is 6. The maximum Gasteiger partial charge on any atom is 0.244 e. The molecular weight excluding hydrogens is 356 g/mol. The van der Waals surface area contributed by atoms with Crippen LogP contribution in [0.4, 0.5) is 0 Å². The molecule has 11 heteroatoms. The minimum Gasteiger partial charge on any atom is -0.468 e. The van der Waals surface area contributed by atoms with E-state index in [1.807, 2.05) is 0 Å². The summed E-state index contributed by atoms with van der Waals surface area (Å²) in [5.41, 5.74) is 0.783. The molecule has 2 rings (SSSR count). The van der Waals surface area contributed by atoms with Crippen molar-refractivity contribution in [3.63, 3.8) is 0 Å². The Morgan fingerprint density at radius 2 is 2.00 bits per heavy atom. The highest BCUT2D eigenvalue weighted by Gasteiger charge is 2.23. The van der Waals surface area contributed by atoms with Gasteiger partial charge in [-0.25, -0.2) is 21.6 Å². The summed E-state index contributed by atoms with van der Waals surface area (Å²) in [6.07, 6.45) is 2.51. The molecule has 9 nitrogen and oxygen atoms in total. The van der Waals surface area contributed by atoms with E-state index in [0.717, 1.165) is 10.6 Å². The van der Waals surface area contributed by atoms with Crippen LogP contribution in [0.25, 0.3) is 0 Å². The number of H-pyrrole nitrogens is 1. The molecule has 0 saturated carbocycles. The van der Waals surface area contributed by atoms with Crippen LogP contribution in [0.3, 0.4) is 0 Å². The van der Waals surface area contributed by atoms with Crippen molar-refractivity contribution in [3.05, 3.63) is 35.5 Å². The van der Waals surface area contributed by atoms with E-state index in [4.69, 9.17) is 4.42 Å². The Labute approximate surface area is 141 Å². The molecule has 0 aliphatic heterocycles. The largest absolute Gasteiger partial charge is 0.468 e. The van der Waals surface area contributed by atoms with Gasteiger partial charge in [-0.3, -0.25) is 5.10 Å². The van der Waals surface area contributed by atoms with Crippen LogP contribution in [-0.4, -0.2) is 50.7 Å². The van der Waals surface area contributed by atoms with Crippen LogP contribution in [0.15, 0.2) is 27.7 Å². The lowest BCUT2D eigenvalue weighted by Crippen LogP contribution is -2.37. The first-order valence-electron chi connectivity index (χ1n) is 7.10. The molecular formula is C13H20N4O5S2. The summed E-state index contributed by atoms with van der Waals surface area (Å²) in [6.45, 7) is 3.14. The highest BCUT2D eigenvalue weighted by Crippen LogP contribution is 2.16. The second-order valence-electron chi connectivity index (χ2n) is 5.34. The average Bonchev–Trinajstić information content (AvgIpc) is 3.06. The van der Waals surface area contributed by atoms with Gasteiger partial charge in [0.25, 0.3) is 0 Å². The van der Waals surface area contributed by atoms with E-state index in [2.05, 4.69) is 14.9 Å². The molecule has 0 amide bonds. The minimum absolute atomic E-state index is 0.0191. The number of aromatic amines is 1. The van der Waals surface area contributed by atoms with Gasteiger partial charge in [0.05, 0.1) is 30.5 Å². The Morgan fingerprint density at radius 1 is 1.29 bits per heavy atom. The number of hydrogen-bond donors (Lipinski definition) is 2. The van der Waals surface area contributed by atoms with Crippen molar-refractivity contribution >= 4 is 20.0 Å². The molecule has 0 atom stereocenters. The van der Waals surface area contributed by atoms with Gasteiger partial charge in [-0.1, -0.05) is 0 Å². The molecule has 134 valence electrons. The van der Waals surface area contributed by atoms with Gasteiger partial charge in [0.15, 0.2) is 0 Å². The van der Waals surface area contributed by atoms with E-state index in [-0.39, 0.29) is 24.5 Å². The molecule has 0 spiro atoms. The SMILES string of the molecule is Cc1n[nH]c(C)c1S(=O)(=O)NCCN(Cc1ccco1)S(C)(=O)=O. The Balaban J connectivity index is 2.05. The second kappa shape index (κ2) is 7.05. The third kappa shape index (κ3) is 4.44. The van der Waals surface area contributed by atoms with Gasteiger partial charge in [0.2, 0.25) is 20.0 Å². The van der Waals surface area contributed by atoms with Crippen LogP contribution in [0.1, 0.15) is 17.1 Å². The average molecular weight is 376 g/mol. The topological polar surface area (TPSA) is 125 Å². The number of rotatable bonds is 8. The van der Waals surface area contributed by atoms with Crippen LogP contribution in [-0.2, 0) is 26.6 Å². The number of sulfonamides is 2. The molecule has 0 radical (unpaired) electrons. The second-order valence-corrected chi connectivity index (χ2v) is 9.02. The van der Waals surface area contributed by atoms with Crippen molar-refractivity contribution < 1.29 is 21.3 Å². The fraction of sp³-hybridized carbons (Fsp3) is 0.462. The monoisotopic (exact) mass is 376 g/mol. The van der Waals surface area contributed by atoms with Crippen molar-refractivity contribution in [2.24, 2.45) is 0 Å². The molecule has 2 heterocycles. The minimum atomic E-state index is -3.77. The molecule has 2 aromatic rings. The lowest BCUT2D eigenvalue weighted by atomic mass is 10.4. The Hall–Kier alpha value is -1.69. The molecule has 0 aromatic carbocycles. The fourth-order valence-electron chi connectivity index (χ4n) is 2.25. The van der Waals surface area contributed by atoms with Crippen molar-refractivity contribution in [2.45, 2.75) is 25.3 Å². The van der Waals surface area contributed by atoms with Crippen LogP contribution >= 0.6 is 0 Å². The number of nitrogens with zero attached hydrogens (tertiary/aromatic N) is 2. The first-order chi connectivity index (χ1) is 11.1. The number of aromatic nitrogens is 2. The molecule has 0 bridgehead atoms. The number of aryl methyl sites for hydroxylation is 2. The van der Waals surface area contributed by atoms with Crippen molar-refractivity contribution in [2.75, 3.05) is 19.3 Å². The summed E-state index contributed by atoms with van der Waals surface area (Å²) in [6, 6.07) is 3.31. The quantitative estimate of drug-likeness (QED) is 0.685. The lowest BCUT2D eigenvalue weighted by molar-refractivity contribution is 0.368. The molecule has 24 heavy (non-hydrogen) atoms. The van der Waals surface area contributed by atoms with Crippen LogP contribution in [0.2, 0.25) is 0 Å². The molecule has 0 saturated heterocycles. The van der Waals surface area contributed by atoms with E-state index in [1.165, 1.54) is 6.26 Å². The summed E-state index contributed by atoms with van der Waals surface area (Å²) >= 11 is 0. The van der Waals surface area contributed by atoms with Crippen molar-refractivity contribution in [3.8, 4) is 0 Å². The van der Waals surface area contributed by atoms with Gasteiger partial charge in [-0.15, -0.1) is 0 Å². The third-order valence-corrected chi connectivity index (χ3v) is 6.34. The summed E-state index contributed by atoms with van der Waals surface area (Å²) < 4.78 is 57.0. The highest BCUT2D eigenvalue weighted by molar-refractivity contribution is 7.89. The van der Waals surface area contributed by atoms with Crippen LogP contribution in [0, 0.1) is 13.8 Å². The smallest absolute Gasteiger partial charge is 0.244 e. The maximum atomic E-state index is 12.3. The number of furan rings is 1. The first kappa shape index (κ1) is 18.6. The van der Waals surface area contributed by atoms with E-state index in [1.54, 1.807) is 26.0 Å². The summed E-state index contributed by atoms with van der Waals surface area (Å²) in [4.78, 5) is 0.0828. The zero-order valence-electron chi connectivity index (χ0n) is 13.6. The Morgan fingerprint density at radius 3 is 2.50 bits per heavy atom. The molecule has 0 fully saturated rings. The predicted molar refractivity (Wildman–Crippen MR) is 87.2 cm³/mol. The van der Waals surface area contributed by atoms with Gasteiger partial charge in [0.1, 0.15) is 10.7 Å². The summed E-state index contributed by atoms with van der Waals surface area (Å²) in [5, 5.41) is 6.46. The molecule has 2 aromatic heterocycles. The Bertz CT molecular complexity index is 865. The van der Waals surface area contributed by atoms with Crippen molar-refractivity contribution in [1.29, 1.82) is 0 Å². The highest BCUT2D eigenvalue weighted by atomic mass is 32.2. The van der Waals surface area contributed by atoms with E-state index in [0.29, 0.717) is 17.1 Å². The van der Waals surface area contributed by atoms with E-state index < -0.39 is 20.0 Å². The van der Waals surface area contributed by atoms with Gasteiger partial charge >= 0.3 is 0 Å². The summed E-state index contributed by atoms with van der Waals surface area (Å²) in [7, 11) is -7.28. The molecule has 0 unspecified atom stereocenters. The maximum absolute atomic E-state index is 12.3. The van der Waals surface area contributed by atoms with Gasteiger partial charge in [0, 0.05) is 13.1 Å². The molecule has 0 aliphatic carbocycles. The van der Waals surface area contributed by atoms with Gasteiger partial charge in [-0.2, -0.15) is 9.40 Å². The molecule has 0 aliphatic rings. The number of nitrogens with one attached hydrogen (secondary N) is 2. The van der Waals surface area contributed by atoms with Crippen LogP contribution in [0.5, 0.6) is 0 Å². The van der Waals surface area contributed by atoms with Gasteiger partial charge in [-0.05, 0) is 26.0 Å².